The standard InChI is InChI=1S/C67H68N10O21S/c1-34(78)93-48-22-13-19-45(56(48)96-37(4)81)60(86)68-30-40-28-42(31-69-61(87)46-20-14-23-49(94-35(2)79)57(46)97-38(5)82)53(43(29-40)32-70-62(88)47-21-15-24-50(95-36(3)80)58(47)98-39(6)83)71-51(84)25-12-18-44-33-76(75-74-44)27-26-52(85)72-54(41-16-10-9-11-17-41)63(89)73-55-64(90)77-59(66(91)92)67(7,8)99-65(55)77/h9-11,13-17,19-24,28-29,33,54-55,59,65H,12,18,25-27,30-32H2,1-8H3,(H,68,86)(H,69,87)(H,70,88)(H,71,84)(H,72,85)(H,73,89)(H,91,92)/t54-,55-,59+,65-/m1/s1. The van der Waals surface area contributed by atoms with Crippen molar-refractivity contribution < 1.29 is 101 Å². The summed E-state index contributed by atoms with van der Waals surface area (Å²) in [5, 5.41) is 34.1. The number of nitrogens with one attached hydrogen (secondary N) is 6. The number of rotatable bonds is 28. The molecule has 2 aliphatic heterocycles. The molecule has 0 saturated carbocycles. The highest BCUT2D eigenvalue weighted by atomic mass is 32.2. The first-order valence-corrected chi connectivity index (χ1v) is 31.4. The van der Waals surface area contributed by atoms with Gasteiger partial charge in [-0.15, -0.1) is 16.9 Å². The van der Waals surface area contributed by atoms with E-state index in [-0.39, 0.29) is 101 Å². The summed E-state index contributed by atoms with van der Waals surface area (Å²) in [6.07, 6.45) is 1.47. The molecule has 0 radical (unpaired) electrons. The second-order valence-electron chi connectivity index (χ2n) is 22.9. The van der Waals surface area contributed by atoms with Crippen LogP contribution in [0.25, 0.3) is 0 Å². The number of amides is 7. The molecule has 2 fully saturated rings. The number of ether oxygens (including phenoxy) is 6. The number of benzene rings is 5. The Hall–Kier alpha value is -11.8. The number of aryl methyl sites for hydroxylation is 2. The average molecular weight is 1380 g/mol. The van der Waals surface area contributed by atoms with E-state index in [0.717, 1.165) is 41.5 Å². The van der Waals surface area contributed by atoms with E-state index in [0.29, 0.717) is 11.3 Å². The number of nitrogens with zero attached hydrogens (tertiary/aromatic N) is 4. The molecule has 0 unspecified atom stereocenters. The van der Waals surface area contributed by atoms with Crippen molar-refractivity contribution in [2.75, 3.05) is 5.32 Å². The highest BCUT2D eigenvalue weighted by Gasteiger charge is 2.64. The molecule has 6 aromatic rings. The highest BCUT2D eigenvalue weighted by molar-refractivity contribution is 8.01. The molecule has 7 amide bonds. The number of carbonyl (C=O) groups excluding carboxylic acids is 13. The molecule has 4 atom stereocenters. The van der Waals surface area contributed by atoms with Gasteiger partial charge in [0.2, 0.25) is 23.6 Å². The summed E-state index contributed by atoms with van der Waals surface area (Å²) in [6.45, 7) is 8.59. The van der Waals surface area contributed by atoms with E-state index in [9.17, 15) is 72.2 Å². The van der Waals surface area contributed by atoms with Crippen LogP contribution in [0.2, 0.25) is 0 Å². The SMILES string of the molecule is CC(=O)Oc1cccc(C(=O)NCc2cc(CNC(=O)c3cccc(OC(C)=O)c3OC(C)=O)c(NC(=O)CCCc3cn(CCC(=O)N[C@@H](C(=O)N[C@@H]4C(=O)N5[C@@H]4SC(C)(C)[C@@H]5C(=O)O)c4ccccc4)nn3)c(CNC(=O)c3cccc(OC(C)=O)c3OC(C)=O)c2)c1OC(C)=O. The number of carboxylic acids is 1. The van der Waals surface area contributed by atoms with Crippen molar-refractivity contribution >= 4 is 101 Å². The van der Waals surface area contributed by atoms with Crippen LogP contribution >= 0.6 is 11.8 Å². The second kappa shape index (κ2) is 32.3. The van der Waals surface area contributed by atoms with E-state index in [1.54, 1.807) is 50.4 Å². The van der Waals surface area contributed by atoms with Gasteiger partial charge in [-0.2, -0.15) is 0 Å². The Kier molecular flexibility index (Phi) is 23.8. The van der Waals surface area contributed by atoms with Gasteiger partial charge < -0.3 is 70.3 Å². The molecule has 0 aliphatic carbocycles. The molecule has 1 aromatic heterocycles. The van der Waals surface area contributed by atoms with Gasteiger partial charge in [-0.25, -0.2) is 4.79 Å². The van der Waals surface area contributed by atoms with Gasteiger partial charge in [-0.05, 0) is 85.3 Å². The van der Waals surface area contributed by atoms with Gasteiger partial charge in [-0.1, -0.05) is 65.9 Å². The molecule has 0 bridgehead atoms. The van der Waals surface area contributed by atoms with Crippen LogP contribution in [-0.4, -0.2) is 130 Å². The minimum Gasteiger partial charge on any atom is -0.480 e. The summed E-state index contributed by atoms with van der Waals surface area (Å²) in [4.78, 5) is 184. The van der Waals surface area contributed by atoms with E-state index in [1.165, 1.54) is 88.1 Å². The molecule has 0 spiro atoms. The summed E-state index contributed by atoms with van der Waals surface area (Å²) in [5.41, 5.74) is 0.574. The lowest BCUT2D eigenvalue weighted by molar-refractivity contribution is -0.161. The Morgan fingerprint density at radius 3 is 1.51 bits per heavy atom. The Balaban J connectivity index is 1.04. The molecule has 2 saturated heterocycles. The number of carboxylic acid groups (broad SMARTS) is 1. The largest absolute Gasteiger partial charge is 0.480 e. The fourth-order valence-electron chi connectivity index (χ4n) is 10.7. The van der Waals surface area contributed by atoms with E-state index < -0.39 is 136 Å². The van der Waals surface area contributed by atoms with Gasteiger partial charge in [0.25, 0.3) is 17.7 Å². The number of carbonyl (C=O) groups is 14. The lowest BCUT2D eigenvalue weighted by Crippen LogP contribution is -2.71. The van der Waals surface area contributed by atoms with Crippen LogP contribution in [0, 0.1) is 0 Å². The topological polar surface area (TPSA) is 421 Å². The van der Waals surface area contributed by atoms with E-state index in [2.05, 4.69) is 42.2 Å². The average Bonchev–Trinajstić information content (AvgIpc) is 1.57. The molecule has 31 nitrogen and oxygen atoms in total. The number of hydrogen-bond acceptors (Lipinski definition) is 23. The lowest BCUT2D eigenvalue weighted by Gasteiger charge is -2.44. The number of aromatic nitrogens is 3. The third kappa shape index (κ3) is 18.8. The van der Waals surface area contributed by atoms with Crippen molar-refractivity contribution in [2.24, 2.45) is 0 Å². The molecule has 8 rings (SSSR count). The van der Waals surface area contributed by atoms with Crippen molar-refractivity contribution in [1.82, 2.24) is 46.5 Å². The predicted octanol–water partition coefficient (Wildman–Crippen LogP) is 4.46. The van der Waals surface area contributed by atoms with Crippen LogP contribution in [0.1, 0.15) is 140 Å². The predicted molar refractivity (Wildman–Crippen MR) is 346 cm³/mol. The number of para-hydroxylation sites is 3. The van der Waals surface area contributed by atoms with Crippen LogP contribution in [0.15, 0.2) is 103 Å². The van der Waals surface area contributed by atoms with Crippen LogP contribution in [-0.2, 0) is 85.3 Å². The maximum Gasteiger partial charge on any atom is 0.327 e. The third-order valence-corrected chi connectivity index (χ3v) is 16.4. The van der Waals surface area contributed by atoms with Gasteiger partial charge in [0.05, 0.1) is 34.6 Å². The summed E-state index contributed by atoms with van der Waals surface area (Å²) in [7, 11) is 0. The quantitative estimate of drug-likeness (QED) is 0.0202. The van der Waals surface area contributed by atoms with Crippen LogP contribution in [0.4, 0.5) is 5.69 Å². The van der Waals surface area contributed by atoms with Crippen molar-refractivity contribution in [2.45, 2.75) is 135 Å². The third-order valence-electron chi connectivity index (χ3n) is 14.8. The van der Waals surface area contributed by atoms with Crippen molar-refractivity contribution in [3.8, 4) is 34.5 Å². The number of fused-ring (bicyclic) bond motifs is 1. The molecule has 7 N–H and O–H groups in total. The normalized spacial score (nSPS) is 15.1. The Bertz CT molecular complexity index is 4110. The van der Waals surface area contributed by atoms with Crippen LogP contribution < -0.4 is 60.3 Å². The second-order valence-corrected chi connectivity index (χ2v) is 24.7. The summed E-state index contributed by atoms with van der Waals surface area (Å²) >= 11 is 1.26. The first kappa shape index (κ1) is 73.0. The number of anilines is 1. The minimum atomic E-state index is -1.24. The number of thioether (sulfide) groups is 1. The van der Waals surface area contributed by atoms with Crippen molar-refractivity contribution in [3.05, 3.63) is 148 Å². The van der Waals surface area contributed by atoms with Gasteiger partial charge in [-0.3, -0.25) is 67.0 Å². The fourth-order valence-corrected chi connectivity index (χ4v) is 12.3. The fraction of sp³-hybridized carbons (Fsp3) is 0.313. The van der Waals surface area contributed by atoms with Crippen molar-refractivity contribution in [3.63, 3.8) is 0 Å². The smallest absolute Gasteiger partial charge is 0.327 e. The Morgan fingerprint density at radius 2 is 1.05 bits per heavy atom. The Labute approximate surface area is 568 Å². The first-order valence-electron chi connectivity index (χ1n) is 30.5. The molecule has 2 aliphatic rings. The zero-order valence-electron chi connectivity index (χ0n) is 54.6. The van der Waals surface area contributed by atoms with Gasteiger partial charge >= 0.3 is 41.8 Å². The summed E-state index contributed by atoms with van der Waals surface area (Å²) < 4.78 is 32.2. The molecular formula is C67H68N10O21S. The van der Waals surface area contributed by atoms with Gasteiger partial charge in [0, 0.05) is 85.0 Å². The molecule has 518 valence electrons. The zero-order chi connectivity index (χ0) is 72.0. The van der Waals surface area contributed by atoms with E-state index >= 15 is 0 Å². The number of β-lactam (4-membered cyclic amide) rings is 1. The molecule has 99 heavy (non-hydrogen) atoms. The summed E-state index contributed by atoms with van der Waals surface area (Å²) in [6, 6.07) is 19.8. The van der Waals surface area contributed by atoms with Crippen LogP contribution in [0.3, 0.4) is 0 Å². The number of aliphatic carboxylic acids is 1. The zero-order valence-corrected chi connectivity index (χ0v) is 55.4. The minimum absolute atomic E-state index is 0.00876. The molecular weight excluding hydrogens is 1310 g/mol. The number of hydrogen-bond donors (Lipinski definition) is 7. The number of esters is 6. The van der Waals surface area contributed by atoms with Crippen molar-refractivity contribution in [1.29, 1.82) is 0 Å². The highest BCUT2D eigenvalue weighted by Crippen LogP contribution is 2.51. The maximum absolute atomic E-state index is 14.3. The molecule has 3 heterocycles. The van der Waals surface area contributed by atoms with E-state index in [4.69, 9.17) is 28.4 Å². The molecule has 5 aromatic carbocycles. The van der Waals surface area contributed by atoms with Gasteiger partial charge in [0.1, 0.15) is 23.5 Å². The lowest BCUT2D eigenvalue weighted by atomic mass is 9.95. The first-order chi connectivity index (χ1) is 47.0. The van der Waals surface area contributed by atoms with Crippen LogP contribution in [0.5, 0.6) is 34.5 Å². The van der Waals surface area contributed by atoms with Gasteiger partial charge in [0.15, 0.2) is 34.5 Å². The monoisotopic (exact) mass is 1380 g/mol. The summed E-state index contributed by atoms with van der Waals surface area (Å²) in [5.74, 6) is -13.2. The van der Waals surface area contributed by atoms with E-state index in [1.807, 2.05) is 0 Å². The molecule has 32 heteroatoms. The Morgan fingerprint density at radius 1 is 0.586 bits per heavy atom. The maximum atomic E-state index is 14.3.